The predicted octanol–water partition coefficient (Wildman–Crippen LogP) is 1.39. The summed E-state index contributed by atoms with van der Waals surface area (Å²) in [5, 5.41) is 23.3. The number of nitrogens with zero attached hydrogens (tertiary/aromatic N) is 3. The summed E-state index contributed by atoms with van der Waals surface area (Å²) in [6, 6.07) is -0.392. The summed E-state index contributed by atoms with van der Waals surface area (Å²) < 4.78 is 1.34. The smallest absolute Gasteiger partial charge is 0.310 e. The van der Waals surface area contributed by atoms with Gasteiger partial charge in [0.15, 0.2) is 0 Å². The summed E-state index contributed by atoms with van der Waals surface area (Å²) in [7, 11) is 0. The number of hydrogen-bond acceptors (Lipinski definition) is 4. The van der Waals surface area contributed by atoms with Gasteiger partial charge in [0, 0.05) is 0 Å². The largest absolute Gasteiger partial charge is 0.481 e. The van der Waals surface area contributed by atoms with Crippen molar-refractivity contribution >= 4 is 11.7 Å². The summed E-state index contributed by atoms with van der Waals surface area (Å²) in [6.07, 6.45) is 1.62. The molecule has 0 aliphatic rings. The Morgan fingerprint density at radius 1 is 1.75 bits per heavy atom. The van der Waals surface area contributed by atoms with Crippen LogP contribution in [0.25, 0.3) is 0 Å². The van der Waals surface area contributed by atoms with Crippen LogP contribution in [0.1, 0.15) is 32.0 Å². The maximum atomic E-state index is 10.7. The molecule has 7 heteroatoms. The van der Waals surface area contributed by atoms with Crippen molar-refractivity contribution in [2.75, 3.05) is 0 Å². The van der Waals surface area contributed by atoms with E-state index in [0.29, 0.717) is 12.1 Å². The van der Waals surface area contributed by atoms with Gasteiger partial charge in [0.05, 0.1) is 17.4 Å². The lowest BCUT2D eigenvalue weighted by molar-refractivity contribution is -0.385. The number of carboxylic acid groups (broad SMARTS) is 1. The quantitative estimate of drug-likeness (QED) is 0.605. The molecule has 16 heavy (non-hydrogen) atoms. The Labute approximate surface area is 91.8 Å². The van der Waals surface area contributed by atoms with Gasteiger partial charge in [-0.3, -0.25) is 19.6 Å². The summed E-state index contributed by atoms with van der Waals surface area (Å²) in [4.78, 5) is 20.7. The third-order valence-corrected chi connectivity index (χ3v) is 2.24. The van der Waals surface area contributed by atoms with Crippen LogP contribution in [0.2, 0.25) is 0 Å². The van der Waals surface area contributed by atoms with Crippen LogP contribution in [0.4, 0.5) is 5.69 Å². The second kappa shape index (κ2) is 4.73. The Morgan fingerprint density at radius 2 is 2.38 bits per heavy atom. The van der Waals surface area contributed by atoms with E-state index in [-0.39, 0.29) is 12.1 Å². The van der Waals surface area contributed by atoms with Crippen molar-refractivity contribution in [3.63, 3.8) is 0 Å². The summed E-state index contributed by atoms with van der Waals surface area (Å²) in [5.41, 5.74) is 0.321. The van der Waals surface area contributed by atoms with Gasteiger partial charge < -0.3 is 5.11 Å². The first-order valence-electron chi connectivity index (χ1n) is 4.89. The van der Waals surface area contributed by atoms with Gasteiger partial charge in [-0.15, -0.1) is 0 Å². The van der Waals surface area contributed by atoms with Crippen molar-refractivity contribution in [3.05, 3.63) is 22.0 Å². The molecule has 88 valence electrons. The number of nitro groups is 1. The zero-order valence-corrected chi connectivity index (χ0v) is 9.08. The fourth-order valence-corrected chi connectivity index (χ4v) is 1.40. The van der Waals surface area contributed by atoms with Crippen LogP contribution in [0.15, 0.2) is 6.20 Å². The molecule has 1 aromatic heterocycles. The zero-order chi connectivity index (χ0) is 12.3. The van der Waals surface area contributed by atoms with Crippen LogP contribution in [0.3, 0.4) is 0 Å². The van der Waals surface area contributed by atoms with Gasteiger partial charge in [-0.1, -0.05) is 6.92 Å². The first-order valence-corrected chi connectivity index (χ1v) is 4.89. The van der Waals surface area contributed by atoms with Gasteiger partial charge >= 0.3 is 11.7 Å². The molecule has 0 amide bonds. The van der Waals surface area contributed by atoms with Gasteiger partial charge in [-0.2, -0.15) is 5.10 Å². The van der Waals surface area contributed by atoms with E-state index in [0.717, 1.165) is 0 Å². The van der Waals surface area contributed by atoms with E-state index in [1.807, 2.05) is 0 Å². The Morgan fingerprint density at radius 3 is 2.75 bits per heavy atom. The average molecular weight is 227 g/mol. The van der Waals surface area contributed by atoms with E-state index in [1.54, 1.807) is 13.8 Å². The van der Waals surface area contributed by atoms with Gasteiger partial charge in [-0.25, -0.2) is 0 Å². The SMILES string of the molecule is CCc1nn(C(C)CC(=O)O)cc1[N+](=O)[O-]. The second-order valence-electron chi connectivity index (χ2n) is 3.50. The Kier molecular flexibility index (Phi) is 3.60. The minimum atomic E-state index is -0.955. The molecule has 1 atom stereocenters. The molecular formula is C9H13N3O4. The van der Waals surface area contributed by atoms with Crippen molar-refractivity contribution in [2.24, 2.45) is 0 Å². The van der Waals surface area contributed by atoms with Gasteiger partial charge in [0.25, 0.3) is 0 Å². The van der Waals surface area contributed by atoms with Crippen molar-refractivity contribution < 1.29 is 14.8 Å². The van der Waals surface area contributed by atoms with Crippen molar-refractivity contribution in [1.82, 2.24) is 9.78 Å². The van der Waals surface area contributed by atoms with Gasteiger partial charge in [0.2, 0.25) is 0 Å². The van der Waals surface area contributed by atoms with E-state index in [2.05, 4.69) is 5.10 Å². The molecule has 0 saturated carbocycles. The molecule has 0 aliphatic carbocycles. The third-order valence-electron chi connectivity index (χ3n) is 2.24. The Balaban J connectivity index is 2.98. The molecule has 1 rings (SSSR count). The van der Waals surface area contributed by atoms with E-state index >= 15 is 0 Å². The summed E-state index contributed by atoms with van der Waals surface area (Å²) in [6.45, 7) is 3.42. The van der Waals surface area contributed by atoms with Crippen molar-refractivity contribution in [2.45, 2.75) is 32.7 Å². The zero-order valence-electron chi connectivity index (χ0n) is 9.08. The highest BCUT2D eigenvalue weighted by atomic mass is 16.6. The number of aliphatic carboxylic acids is 1. The van der Waals surface area contributed by atoms with E-state index < -0.39 is 16.9 Å². The normalized spacial score (nSPS) is 12.4. The molecule has 1 aromatic rings. The van der Waals surface area contributed by atoms with Gasteiger partial charge in [-0.05, 0) is 13.3 Å². The first-order chi connectivity index (χ1) is 7.45. The Hall–Kier alpha value is -1.92. The standard InChI is InChI=1S/C9H13N3O4/c1-3-7-8(12(15)16)5-11(10-7)6(2)4-9(13)14/h5-6H,3-4H2,1-2H3,(H,13,14). The van der Waals surface area contributed by atoms with Gasteiger partial charge in [0.1, 0.15) is 11.9 Å². The lowest BCUT2D eigenvalue weighted by atomic mass is 10.2. The lowest BCUT2D eigenvalue weighted by Crippen LogP contribution is -2.11. The molecule has 1 heterocycles. The highest BCUT2D eigenvalue weighted by molar-refractivity contribution is 5.67. The molecule has 7 nitrogen and oxygen atoms in total. The van der Waals surface area contributed by atoms with E-state index in [1.165, 1.54) is 10.9 Å². The van der Waals surface area contributed by atoms with Crippen LogP contribution >= 0.6 is 0 Å². The second-order valence-corrected chi connectivity index (χ2v) is 3.50. The van der Waals surface area contributed by atoms with E-state index in [4.69, 9.17) is 5.11 Å². The van der Waals surface area contributed by atoms with Crippen LogP contribution in [-0.2, 0) is 11.2 Å². The number of carboxylic acids is 1. The molecule has 0 radical (unpaired) electrons. The molecule has 0 bridgehead atoms. The number of aryl methyl sites for hydroxylation is 1. The van der Waals surface area contributed by atoms with Crippen molar-refractivity contribution in [1.29, 1.82) is 0 Å². The highest BCUT2D eigenvalue weighted by Crippen LogP contribution is 2.20. The topological polar surface area (TPSA) is 98.3 Å². The number of carbonyl (C=O) groups is 1. The third kappa shape index (κ3) is 2.56. The lowest BCUT2D eigenvalue weighted by Gasteiger charge is -2.07. The molecule has 1 unspecified atom stereocenters. The summed E-state index contributed by atoms with van der Waals surface area (Å²) >= 11 is 0. The van der Waals surface area contributed by atoms with Crippen LogP contribution < -0.4 is 0 Å². The number of rotatable bonds is 5. The average Bonchev–Trinajstić information content (AvgIpc) is 2.60. The molecule has 0 saturated heterocycles. The van der Waals surface area contributed by atoms with Crippen LogP contribution in [0, 0.1) is 10.1 Å². The van der Waals surface area contributed by atoms with E-state index in [9.17, 15) is 14.9 Å². The highest BCUT2D eigenvalue weighted by Gasteiger charge is 2.20. The molecule has 0 aromatic carbocycles. The van der Waals surface area contributed by atoms with Crippen LogP contribution in [-0.4, -0.2) is 25.8 Å². The minimum Gasteiger partial charge on any atom is -0.481 e. The minimum absolute atomic E-state index is 0.0558. The fraction of sp³-hybridized carbons (Fsp3) is 0.556. The molecule has 1 N–H and O–H groups in total. The molecular weight excluding hydrogens is 214 g/mol. The first kappa shape index (κ1) is 12.2. The monoisotopic (exact) mass is 227 g/mol. The fourth-order valence-electron chi connectivity index (χ4n) is 1.40. The predicted molar refractivity (Wildman–Crippen MR) is 55.2 cm³/mol. The number of hydrogen-bond donors (Lipinski definition) is 1. The molecule has 0 fully saturated rings. The molecule has 0 aliphatic heterocycles. The van der Waals surface area contributed by atoms with Crippen molar-refractivity contribution in [3.8, 4) is 0 Å². The maximum Gasteiger partial charge on any atom is 0.310 e. The number of aromatic nitrogens is 2. The maximum absolute atomic E-state index is 10.7. The molecule has 0 spiro atoms. The summed E-state index contributed by atoms with van der Waals surface area (Å²) in [5.74, 6) is -0.955. The van der Waals surface area contributed by atoms with Crippen LogP contribution in [0.5, 0.6) is 0 Å². The Bertz CT molecular complexity index is 413.